The first-order valence-electron chi connectivity index (χ1n) is 5.07. The fraction of sp³-hybridized carbons (Fsp3) is 0.167. The third-order valence-corrected chi connectivity index (χ3v) is 3.34. The van der Waals surface area contributed by atoms with Crippen LogP contribution in [0.25, 0.3) is 10.4 Å². The highest BCUT2D eigenvalue weighted by molar-refractivity contribution is 7.15. The maximum atomic E-state index is 12.7. The lowest BCUT2D eigenvalue weighted by Crippen LogP contribution is -1.96. The highest BCUT2D eigenvalue weighted by Gasteiger charge is 2.06. The number of hydrogen-bond acceptors (Lipinski definition) is 3. The molecule has 17 heavy (non-hydrogen) atoms. The number of carboxylic acid groups (broad SMARTS) is 1. The normalized spacial score (nSPS) is 10.4. The Morgan fingerprint density at radius 2 is 2.06 bits per heavy atom. The molecule has 0 radical (unpaired) electrons. The van der Waals surface area contributed by atoms with Crippen LogP contribution in [0.3, 0.4) is 0 Å². The van der Waals surface area contributed by atoms with Crippen LogP contribution in [-0.4, -0.2) is 16.1 Å². The highest BCUT2D eigenvalue weighted by atomic mass is 32.1. The van der Waals surface area contributed by atoms with Crippen molar-refractivity contribution in [1.82, 2.24) is 4.98 Å². The van der Waals surface area contributed by atoms with Crippen molar-refractivity contribution in [2.24, 2.45) is 0 Å². The van der Waals surface area contributed by atoms with Gasteiger partial charge in [-0.3, -0.25) is 4.79 Å². The molecule has 0 saturated carbocycles. The summed E-state index contributed by atoms with van der Waals surface area (Å²) in [6, 6.07) is 6.16. The Balaban J connectivity index is 2.12. The third-order valence-electron chi connectivity index (χ3n) is 2.24. The van der Waals surface area contributed by atoms with Crippen molar-refractivity contribution in [1.29, 1.82) is 0 Å². The molecule has 2 aromatic rings. The van der Waals surface area contributed by atoms with Crippen LogP contribution >= 0.6 is 11.3 Å². The minimum absolute atomic E-state index is 0.0797. The lowest BCUT2D eigenvalue weighted by Gasteiger charge is -1.95. The van der Waals surface area contributed by atoms with Crippen LogP contribution in [0.1, 0.15) is 11.4 Å². The van der Waals surface area contributed by atoms with Crippen LogP contribution in [0.4, 0.5) is 4.39 Å². The van der Waals surface area contributed by atoms with E-state index < -0.39 is 5.97 Å². The molecular weight excluding hydrogens is 241 g/mol. The second kappa shape index (κ2) is 5.05. The van der Waals surface area contributed by atoms with E-state index in [1.54, 1.807) is 18.3 Å². The van der Waals surface area contributed by atoms with Crippen molar-refractivity contribution in [3.8, 4) is 10.4 Å². The Bertz CT molecular complexity index is 522. The molecule has 0 aliphatic carbocycles. The van der Waals surface area contributed by atoms with Gasteiger partial charge in [0, 0.05) is 12.6 Å². The molecule has 0 amide bonds. The molecule has 0 unspecified atom stereocenters. The van der Waals surface area contributed by atoms with Crippen LogP contribution in [-0.2, 0) is 11.2 Å². The van der Waals surface area contributed by atoms with Crippen molar-refractivity contribution in [3.05, 3.63) is 41.3 Å². The van der Waals surface area contributed by atoms with E-state index in [0.717, 1.165) is 15.4 Å². The first-order chi connectivity index (χ1) is 8.15. The molecule has 1 N–H and O–H groups in total. The zero-order valence-electron chi connectivity index (χ0n) is 8.89. The molecular formula is C12H10FNO2S. The summed E-state index contributed by atoms with van der Waals surface area (Å²) in [5, 5.41) is 9.35. The van der Waals surface area contributed by atoms with Crippen LogP contribution < -0.4 is 0 Å². The van der Waals surface area contributed by atoms with Crippen LogP contribution in [0, 0.1) is 5.82 Å². The first kappa shape index (κ1) is 11.7. The van der Waals surface area contributed by atoms with E-state index in [0.29, 0.717) is 6.42 Å². The number of benzene rings is 1. The van der Waals surface area contributed by atoms with E-state index >= 15 is 0 Å². The maximum Gasteiger partial charge on any atom is 0.303 e. The van der Waals surface area contributed by atoms with E-state index in [2.05, 4.69) is 4.98 Å². The number of aliphatic carboxylic acids is 1. The standard InChI is InChI=1S/C12H10FNO2S/c13-9-3-1-8(2-4-9)10-7-14-11(17-10)5-6-12(15)16/h1-4,7H,5-6H2,(H,15,16). The number of rotatable bonds is 4. The van der Waals surface area contributed by atoms with Gasteiger partial charge in [0.2, 0.25) is 0 Å². The van der Waals surface area contributed by atoms with Crippen molar-refractivity contribution in [2.75, 3.05) is 0 Å². The lowest BCUT2D eigenvalue weighted by molar-refractivity contribution is -0.136. The van der Waals surface area contributed by atoms with Crippen molar-refractivity contribution >= 4 is 17.3 Å². The summed E-state index contributed by atoms with van der Waals surface area (Å²) in [5.74, 6) is -1.10. The summed E-state index contributed by atoms with van der Waals surface area (Å²) in [7, 11) is 0. The molecule has 0 aliphatic rings. The number of aromatic nitrogens is 1. The quantitative estimate of drug-likeness (QED) is 0.908. The maximum absolute atomic E-state index is 12.7. The van der Waals surface area contributed by atoms with Gasteiger partial charge >= 0.3 is 5.97 Å². The molecule has 0 bridgehead atoms. The Morgan fingerprint density at radius 1 is 1.35 bits per heavy atom. The summed E-state index contributed by atoms with van der Waals surface area (Å²) in [4.78, 5) is 15.5. The van der Waals surface area contributed by atoms with Crippen LogP contribution in [0.15, 0.2) is 30.5 Å². The van der Waals surface area contributed by atoms with Crippen molar-refractivity contribution in [2.45, 2.75) is 12.8 Å². The van der Waals surface area contributed by atoms with E-state index in [9.17, 15) is 9.18 Å². The fourth-order valence-electron chi connectivity index (χ4n) is 1.39. The molecule has 0 aliphatic heterocycles. The van der Waals surface area contributed by atoms with Gasteiger partial charge in [-0.1, -0.05) is 12.1 Å². The van der Waals surface area contributed by atoms with Gasteiger partial charge in [-0.25, -0.2) is 9.37 Å². The number of thiazole rings is 1. The SMILES string of the molecule is O=C(O)CCc1ncc(-c2ccc(F)cc2)s1. The molecule has 1 heterocycles. The number of halogens is 1. The van der Waals surface area contributed by atoms with Gasteiger partial charge in [0.25, 0.3) is 0 Å². The third kappa shape index (κ3) is 3.10. The summed E-state index contributed by atoms with van der Waals surface area (Å²) < 4.78 is 12.7. The monoisotopic (exact) mass is 251 g/mol. The van der Waals surface area contributed by atoms with Crippen LogP contribution in [0.5, 0.6) is 0 Å². The molecule has 2 rings (SSSR count). The zero-order valence-corrected chi connectivity index (χ0v) is 9.71. The van der Waals surface area contributed by atoms with E-state index in [4.69, 9.17) is 5.11 Å². The molecule has 1 aromatic heterocycles. The summed E-state index contributed by atoms with van der Waals surface area (Å²) in [6.07, 6.45) is 2.20. The van der Waals surface area contributed by atoms with Gasteiger partial charge in [-0.2, -0.15) is 0 Å². The predicted molar refractivity (Wildman–Crippen MR) is 63.5 cm³/mol. The van der Waals surface area contributed by atoms with Crippen molar-refractivity contribution in [3.63, 3.8) is 0 Å². The van der Waals surface area contributed by atoms with E-state index in [-0.39, 0.29) is 12.2 Å². The first-order valence-corrected chi connectivity index (χ1v) is 5.89. The smallest absolute Gasteiger partial charge is 0.303 e. The minimum atomic E-state index is -0.830. The predicted octanol–water partition coefficient (Wildman–Crippen LogP) is 2.97. The lowest BCUT2D eigenvalue weighted by atomic mass is 10.2. The zero-order chi connectivity index (χ0) is 12.3. The minimum Gasteiger partial charge on any atom is -0.481 e. The van der Waals surface area contributed by atoms with Gasteiger partial charge in [-0.15, -0.1) is 11.3 Å². The molecule has 0 spiro atoms. The topological polar surface area (TPSA) is 50.2 Å². The van der Waals surface area contributed by atoms with Crippen LogP contribution in [0.2, 0.25) is 0 Å². The van der Waals surface area contributed by atoms with E-state index in [1.165, 1.54) is 23.5 Å². The van der Waals surface area contributed by atoms with Crippen molar-refractivity contribution < 1.29 is 14.3 Å². The molecule has 0 atom stereocenters. The average molecular weight is 251 g/mol. The molecule has 0 saturated heterocycles. The largest absolute Gasteiger partial charge is 0.481 e. The molecule has 0 fully saturated rings. The highest BCUT2D eigenvalue weighted by Crippen LogP contribution is 2.26. The summed E-state index contributed by atoms with van der Waals surface area (Å²) in [6.45, 7) is 0. The summed E-state index contributed by atoms with van der Waals surface area (Å²) >= 11 is 1.44. The number of aryl methyl sites for hydroxylation is 1. The Kier molecular flexibility index (Phi) is 3.49. The Morgan fingerprint density at radius 3 is 2.71 bits per heavy atom. The molecule has 1 aromatic carbocycles. The average Bonchev–Trinajstić information content (AvgIpc) is 2.76. The molecule has 88 valence electrons. The Hall–Kier alpha value is -1.75. The van der Waals surface area contributed by atoms with Gasteiger partial charge in [0.1, 0.15) is 5.82 Å². The van der Waals surface area contributed by atoms with Gasteiger partial charge in [-0.05, 0) is 17.7 Å². The van der Waals surface area contributed by atoms with E-state index in [1.807, 2.05) is 0 Å². The molecule has 5 heteroatoms. The number of carboxylic acids is 1. The second-order valence-corrected chi connectivity index (χ2v) is 4.63. The molecule has 3 nitrogen and oxygen atoms in total. The number of carbonyl (C=O) groups is 1. The van der Waals surface area contributed by atoms with Gasteiger partial charge < -0.3 is 5.11 Å². The fourth-order valence-corrected chi connectivity index (χ4v) is 2.31. The Labute approximate surface area is 102 Å². The van der Waals surface area contributed by atoms with Gasteiger partial charge in [0.15, 0.2) is 0 Å². The number of hydrogen-bond donors (Lipinski definition) is 1. The second-order valence-electron chi connectivity index (χ2n) is 3.52. The van der Waals surface area contributed by atoms with Gasteiger partial charge in [0.05, 0.1) is 16.3 Å². The number of nitrogens with zero attached hydrogens (tertiary/aromatic N) is 1. The summed E-state index contributed by atoms with van der Waals surface area (Å²) in [5.41, 5.74) is 0.894.